The summed E-state index contributed by atoms with van der Waals surface area (Å²) in [5.74, 6) is 0. The second-order valence-electron chi connectivity index (χ2n) is 3.61. The second-order valence-corrected chi connectivity index (χ2v) is 4.32. The summed E-state index contributed by atoms with van der Waals surface area (Å²) in [5.41, 5.74) is 0. The van der Waals surface area contributed by atoms with E-state index >= 15 is 0 Å². The average molecular weight is 160 g/mol. The van der Waals surface area contributed by atoms with Gasteiger partial charge >= 0.3 is 0 Å². The van der Waals surface area contributed by atoms with Crippen LogP contribution in [-0.2, 0) is 0 Å². The Balaban J connectivity index is 2.21. The van der Waals surface area contributed by atoms with E-state index in [-0.39, 0.29) is 5.00 Å². The van der Waals surface area contributed by atoms with Gasteiger partial charge in [0.05, 0.1) is 5.00 Å². The summed E-state index contributed by atoms with van der Waals surface area (Å²) in [7, 11) is 2.17. The molecule has 2 bridgehead atoms. The fraction of sp³-hybridized carbons (Fsp3) is 1.00. The maximum absolute atomic E-state index is 6.38. The number of fused-ring (bicyclic) bond motifs is 2. The molecule has 2 atom stereocenters. The van der Waals surface area contributed by atoms with Crippen molar-refractivity contribution in [2.45, 2.75) is 43.1 Å². The molecule has 2 aliphatic heterocycles. The van der Waals surface area contributed by atoms with E-state index in [2.05, 4.69) is 11.9 Å². The van der Waals surface area contributed by atoms with Crippen LogP contribution in [0.4, 0.5) is 0 Å². The van der Waals surface area contributed by atoms with Crippen molar-refractivity contribution in [2.75, 3.05) is 7.05 Å². The predicted molar refractivity (Wildman–Crippen MR) is 43.2 cm³/mol. The summed E-state index contributed by atoms with van der Waals surface area (Å²) in [6, 6.07) is 0.797. The largest absolute Gasteiger partial charge is 0.285 e. The van der Waals surface area contributed by atoms with E-state index in [1.807, 2.05) is 0 Å². The van der Waals surface area contributed by atoms with Crippen LogP contribution in [0.5, 0.6) is 0 Å². The highest BCUT2D eigenvalue weighted by molar-refractivity contribution is 6.23. The summed E-state index contributed by atoms with van der Waals surface area (Å²) in [5, 5.41) is 0. The number of piperidine rings is 1. The van der Waals surface area contributed by atoms with Crippen LogP contribution in [0.1, 0.15) is 32.1 Å². The highest BCUT2D eigenvalue weighted by Crippen LogP contribution is 2.45. The van der Waals surface area contributed by atoms with E-state index in [0.29, 0.717) is 0 Å². The van der Waals surface area contributed by atoms with Gasteiger partial charge in [0.1, 0.15) is 0 Å². The van der Waals surface area contributed by atoms with Gasteiger partial charge < -0.3 is 0 Å². The molecule has 2 saturated heterocycles. The first kappa shape index (κ1) is 6.93. The molecule has 0 aromatic rings. The third-order valence-corrected chi connectivity index (χ3v) is 3.78. The van der Waals surface area contributed by atoms with Gasteiger partial charge in [-0.3, -0.25) is 4.90 Å². The number of hydrogen-bond donors (Lipinski definition) is 0. The second kappa shape index (κ2) is 2.12. The Labute approximate surface area is 67.3 Å². The highest BCUT2D eigenvalue weighted by Gasteiger charge is 2.44. The van der Waals surface area contributed by atoms with Crippen molar-refractivity contribution in [3.8, 4) is 0 Å². The SMILES string of the molecule is CN1[C@@H]2CCC[C@@]1(Cl)CC2. The first-order chi connectivity index (χ1) is 4.72. The average Bonchev–Trinajstić information content (AvgIpc) is 2.18. The zero-order chi connectivity index (χ0) is 7.19. The standard InChI is InChI=1S/C8H14ClN/c1-10-7-3-2-5-8(10,9)6-4-7/h7H,2-6H2,1H3/t7-,8+/m1/s1. The van der Waals surface area contributed by atoms with Crippen LogP contribution in [0.3, 0.4) is 0 Å². The van der Waals surface area contributed by atoms with Gasteiger partial charge in [-0.2, -0.15) is 0 Å². The lowest BCUT2D eigenvalue weighted by Crippen LogP contribution is -2.43. The molecule has 0 N–H and O–H groups in total. The molecule has 0 aliphatic carbocycles. The van der Waals surface area contributed by atoms with E-state index in [1.54, 1.807) is 0 Å². The zero-order valence-corrected chi connectivity index (χ0v) is 7.19. The Kier molecular flexibility index (Phi) is 1.47. The molecule has 58 valence electrons. The lowest BCUT2D eigenvalue weighted by Gasteiger charge is -2.37. The minimum atomic E-state index is 0.0584. The monoisotopic (exact) mass is 159 g/mol. The molecule has 0 aromatic heterocycles. The predicted octanol–water partition coefficient (Wildman–Crippen LogP) is 2.20. The van der Waals surface area contributed by atoms with E-state index in [0.717, 1.165) is 6.04 Å². The fourth-order valence-corrected chi connectivity index (χ4v) is 2.71. The van der Waals surface area contributed by atoms with Crippen LogP contribution in [0.2, 0.25) is 0 Å². The van der Waals surface area contributed by atoms with Crippen molar-refractivity contribution < 1.29 is 0 Å². The Bertz CT molecular complexity index is 144. The third kappa shape index (κ3) is 0.802. The number of nitrogens with zero attached hydrogens (tertiary/aromatic N) is 1. The van der Waals surface area contributed by atoms with Gasteiger partial charge in [0.25, 0.3) is 0 Å². The maximum Gasteiger partial charge on any atom is 0.0961 e. The van der Waals surface area contributed by atoms with Crippen molar-refractivity contribution in [2.24, 2.45) is 0 Å². The van der Waals surface area contributed by atoms with Crippen LogP contribution >= 0.6 is 11.6 Å². The molecule has 10 heavy (non-hydrogen) atoms. The summed E-state index contributed by atoms with van der Waals surface area (Å²) < 4.78 is 0. The lowest BCUT2D eigenvalue weighted by atomic mass is 10.0. The Morgan fingerprint density at radius 3 is 2.80 bits per heavy atom. The molecule has 1 nitrogen and oxygen atoms in total. The van der Waals surface area contributed by atoms with Gasteiger partial charge in [0.2, 0.25) is 0 Å². The van der Waals surface area contributed by atoms with Gasteiger partial charge in [-0.05, 0) is 39.2 Å². The molecule has 0 unspecified atom stereocenters. The Morgan fingerprint density at radius 1 is 1.40 bits per heavy atom. The van der Waals surface area contributed by atoms with Crippen LogP contribution < -0.4 is 0 Å². The van der Waals surface area contributed by atoms with E-state index in [9.17, 15) is 0 Å². The van der Waals surface area contributed by atoms with E-state index in [1.165, 1.54) is 32.1 Å². The summed E-state index contributed by atoms with van der Waals surface area (Å²) in [6.45, 7) is 0. The number of hydrogen-bond acceptors (Lipinski definition) is 1. The van der Waals surface area contributed by atoms with Gasteiger partial charge in [-0.15, -0.1) is 11.6 Å². The number of alkyl halides is 1. The van der Waals surface area contributed by atoms with Crippen molar-refractivity contribution in [1.29, 1.82) is 0 Å². The van der Waals surface area contributed by atoms with Crippen LogP contribution in [0.15, 0.2) is 0 Å². The van der Waals surface area contributed by atoms with Crippen LogP contribution in [0, 0.1) is 0 Å². The molecule has 2 heteroatoms. The van der Waals surface area contributed by atoms with E-state index < -0.39 is 0 Å². The molecule has 2 heterocycles. The smallest absolute Gasteiger partial charge is 0.0961 e. The first-order valence-corrected chi connectivity index (χ1v) is 4.52. The van der Waals surface area contributed by atoms with Crippen molar-refractivity contribution in [3.63, 3.8) is 0 Å². The number of halogens is 1. The minimum Gasteiger partial charge on any atom is -0.285 e. The first-order valence-electron chi connectivity index (χ1n) is 4.14. The van der Waals surface area contributed by atoms with Crippen molar-refractivity contribution in [1.82, 2.24) is 4.90 Å². The molecule has 0 saturated carbocycles. The molecule has 2 rings (SSSR count). The minimum absolute atomic E-state index is 0.0584. The van der Waals surface area contributed by atoms with Crippen LogP contribution in [0.25, 0.3) is 0 Å². The highest BCUT2D eigenvalue weighted by atomic mass is 35.5. The molecule has 0 spiro atoms. The summed E-state index contributed by atoms with van der Waals surface area (Å²) in [4.78, 5) is 2.43. The summed E-state index contributed by atoms with van der Waals surface area (Å²) in [6.07, 6.45) is 6.42. The lowest BCUT2D eigenvalue weighted by molar-refractivity contribution is 0.148. The van der Waals surface area contributed by atoms with E-state index in [4.69, 9.17) is 11.6 Å². The number of rotatable bonds is 0. The molecule has 2 aliphatic rings. The summed E-state index contributed by atoms with van der Waals surface area (Å²) >= 11 is 6.38. The molecule has 0 aromatic carbocycles. The van der Waals surface area contributed by atoms with Crippen molar-refractivity contribution in [3.05, 3.63) is 0 Å². The quantitative estimate of drug-likeness (QED) is 0.387. The molecular formula is C8H14ClN. The molecule has 0 radical (unpaired) electrons. The Hall–Kier alpha value is 0.250. The molecular weight excluding hydrogens is 146 g/mol. The topological polar surface area (TPSA) is 3.24 Å². The van der Waals surface area contributed by atoms with Crippen molar-refractivity contribution >= 4 is 11.6 Å². The molecule has 0 amide bonds. The van der Waals surface area contributed by atoms with Gasteiger partial charge in [0.15, 0.2) is 0 Å². The van der Waals surface area contributed by atoms with Gasteiger partial charge in [-0.25, -0.2) is 0 Å². The third-order valence-electron chi connectivity index (χ3n) is 3.14. The Morgan fingerprint density at radius 2 is 2.20 bits per heavy atom. The van der Waals surface area contributed by atoms with Gasteiger partial charge in [-0.1, -0.05) is 0 Å². The zero-order valence-electron chi connectivity index (χ0n) is 6.44. The normalized spacial score (nSPS) is 48.0. The van der Waals surface area contributed by atoms with Crippen LogP contribution in [-0.4, -0.2) is 23.0 Å². The fourth-order valence-electron chi connectivity index (χ4n) is 2.33. The molecule has 2 fully saturated rings. The maximum atomic E-state index is 6.38. The van der Waals surface area contributed by atoms with Gasteiger partial charge in [0, 0.05) is 6.04 Å².